The number of carbonyl (C=O) groups is 1. The summed E-state index contributed by atoms with van der Waals surface area (Å²) in [6.45, 7) is 0.399. The Bertz CT molecular complexity index is 378. The first-order chi connectivity index (χ1) is 8.61. The van der Waals surface area contributed by atoms with E-state index in [4.69, 9.17) is 0 Å². The third kappa shape index (κ3) is 6.10. The summed E-state index contributed by atoms with van der Waals surface area (Å²) in [5.74, 6) is -1.20. The largest absolute Gasteiger partial charge is 0.356 e. The van der Waals surface area contributed by atoms with Gasteiger partial charge in [-0.05, 0) is 37.0 Å². The Hall–Kier alpha value is -0.970. The van der Waals surface area contributed by atoms with Crippen molar-refractivity contribution in [2.75, 3.05) is 11.9 Å². The van der Waals surface area contributed by atoms with Crippen LogP contribution in [0.2, 0.25) is 0 Å². The monoisotopic (exact) mass is 319 g/mol. The van der Waals surface area contributed by atoms with Crippen molar-refractivity contribution in [3.8, 4) is 0 Å². The second kappa shape index (κ2) is 8.19. The molecule has 2 nitrogen and oxygen atoms in total. The summed E-state index contributed by atoms with van der Waals surface area (Å²) in [4.78, 5) is 11.4. The van der Waals surface area contributed by atoms with Crippen molar-refractivity contribution in [2.45, 2.75) is 25.7 Å². The minimum Gasteiger partial charge on any atom is -0.356 e. The average Bonchev–Trinajstić information content (AvgIpc) is 2.28. The lowest BCUT2D eigenvalue weighted by Crippen LogP contribution is -2.25. The van der Waals surface area contributed by atoms with Crippen LogP contribution in [0.5, 0.6) is 0 Å². The van der Waals surface area contributed by atoms with Crippen molar-refractivity contribution in [1.82, 2.24) is 5.32 Å². The molecule has 1 N–H and O–H groups in total. The molecule has 0 heterocycles. The third-order valence-electron chi connectivity index (χ3n) is 2.45. The molecule has 0 spiro atoms. The Morgan fingerprint density at radius 2 is 1.83 bits per heavy atom. The molecule has 0 unspecified atom stereocenters. The number of benzene rings is 1. The number of hydrogen-bond donors (Lipinski definition) is 1. The summed E-state index contributed by atoms with van der Waals surface area (Å²) < 4.78 is 25.8. The fraction of sp³-hybridized carbons (Fsp3) is 0.462. The molecule has 0 aliphatic carbocycles. The summed E-state index contributed by atoms with van der Waals surface area (Å²) in [6, 6.07) is 3.39. The van der Waals surface area contributed by atoms with Crippen LogP contribution in [0.4, 0.5) is 8.78 Å². The molecule has 0 bridgehead atoms. The van der Waals surface area contributed by atoms with Crippen LogP contribution in [0.1, 0.15) is 24.8 Å². The maximum atomic E-state index is 12.9. The second-order valence-corrected chi connectivity index (χ2v) is 4.82. The number of amides is 1. The Kier molecular flexibility index (Phi) is 6.86. The van der Waals surface area contributed by atoms with E-state index >= 15 is 0 Å². The maximum Gasteiger partial charge on any atom is 0.220 e. The standard InChI is InChI=1S/C13H16BrF2NO/c14-5-2-1-3-13(18)17-6-4-10-7-11(15)9-12(16)8-10/h7-9H,1-6H2,(H,17,18). The SMILES string of the molecule is O=C(CCCCBr)NCCc1cc(F)cc(F)c1. The van der Waals surface area contributed by atoms with Crippen LogP contribution in [0.25, 0.3) is 0 Å². The molecule has 0 saturated carbocycles. The van der Waals surface area contributed by atoms with Crippen LogP contribution in [0.15, 0.2) is 18.2 Å². The van der Waals surface area contributed by atoms with Gasteiger partial charge in [-0.1, -0.05) is 15.9 Å². The summed E-state index contributed by atoms with van der Waals surface area (Å²) in [6.07, 6.45) is 2.72. The molecule has 0 aliphatic rings. The van der Waals surface area contributed by atoms with Crippen LogP contribution in [-0.2, 0) is 11.2 Å². The van der Waals surface area contributed by atoms with Gasteiger partial charge in [-0.3, -0.25) is 4.79 Å². The first-order valence-corrected chi connectivity index (χ1v) is 7.01. The maximum absolute atomic E-state index is 12.9. The van der Waals surface area contributed by atoms with E-state index in [1.54, 1.807) is 0 Å². The highest BCUT2D eigenvalue weighted by atomic mass is 79.9. The van der Waals surface area contributed by atoms with Crippen molar-refractivity contribution < 1.29 is 13.6 Å². The highest BCUT2D eigenvalue weighted by Gasteiger charge is 2.03. The molecule has 1 rings (SSSR count). The van der Waals surface area contributed by atoms with E-state index in [1.165, 1.54) is 12.1 Å². The van der Waals surface area contributed by atoms with Gasteiger partial charge in [-0.25, -0.2) is 8.78 Å². The quantitative estimate of drug-likeness (QED) is 0.607. The second-order valence-electron chi connectivity index (χ2n) is 4.02. The number of nitrogens with one attached hydrogen (secondary N) is 1. The van der Waals surface area contributed by atoms with Gasteiger partial charge in [0.1, 0.15) is 11.6 Å². The molecular weight excluding hydrogens is 304 g/mol. The summed E-state index contributed by atoms with van der Waals surface area (Å²) in [7, 11) is 0. The van der Waals surface area contributed by atoms with E-state index in [0.29, 0.717) is 24.9 Å². The normalized spacial score (nSPS) is 10.4. The molecule has 18 heavy (non-hydrogen) atoms. The zero-order valence-corrected chi connectivity index (χ0v) is 11.6. The smallest absolute Gasteiger partial charge is 0.220 e. The van der Waals surface area contributed by atoms with E-state index in [2.05, 4.69) is 21.2 Å². The van der Waals surface area contributed by atoms with E-state index in [9.17, 15) is 13.6 Å². The van der Waals surface area contributed by atoms with Crippen molar-refractivity contribution in [2.24, 2.45) is 0 Å². The highest BCUT2D eigenvalue weighted by Crippen LogP contribution is 2.08. The van der Waals surface area contributed by atoms with E-state index in [1.807, 2.05) is 0 Å². The number of carbonyl (C=O) groups excluding carboxylic acids is 1. The Labute approximate surface area is 114 Å². The van der Waals surface area contributed by atoms with Crippen molar-refractivity contribution in [3.63, 3.8) is 0 Å². The molecular formula is C13H16BrF2NO. The molecule has 0 radical (unpaired) electrons. The van der Waals surface area contributed by atoms with Crippen molar-refractivity contribution >= 4 is 21.8 Å². The average molecular weight is 320 g/mol. The van der Waals surface area contributed by atoms with Crippen molar-refractivity contribution in [3.05, 3.63) is 35.4 Å². The number of unbranched alkanes of at least 4 members (excludes halogenated alkanes) is 1. The van der Waals surface area contributed by atoms with E-state index in [0.717, 1.165) is 24.2 Å². The molecule has 0 atom stereocenters. The first-order valence-electron chi connectivity index (χ1n) is 5.89. The lowest BCUT2D eigenvalue weighted by Gasteiger charge is -2.05. The topological polar surface area (TPSA) is 29.1 Å². The van der Waals surface area contributed by atoms with E-state index in [-0.39, 0.29) is 5.91 Å². The lowest BCUT2D eigenvalue weighted by atomic mass is 10.1. The minimum absolute atomic E-state index is 0.0205. The van der Waals surface area contributed by atoms with Gasteiger partial charge in [0.15, 0.2) is 0 Å². The Morgan fingerprint density at radius 1 is 1.17 bits per heavy atom. The molecule has 0 saturated heterocycles. The Balaban J connectivity index is 2.26. The highest BCUT2D eigenvalue weighted by molar-refractivity contribution is 9.09. The van der Waals surface area contributed by atoms with Gasteiger partial charge in [-0.15, -0.1) is 0 Å². The van der Waals surface area contributed by atoms with Gasteiger partial charge >= 0.3 is 0 Å². The first kappa shape index (κ1) is 15.1. The molecule has 1 aromatic carbocycles. The minimum atomic E-state index is -0.589. The Morgan fingerprint density at radius 3 is 2.44 bits per heavy atom. The molecule has 1 aromatic rings. The van der Waals surface area contributed by atoms with Crippen LogP contribution < -0.4 is 5.32 Å². The van der Waals surface area contributed by atoms with E-state index < -0.39 is 11.6 Å². The van der Waals surface area contributed by atoms with Gasteiger partial charge in [0.2, 0.25) is 5.91 Å². The zero-order chi connectivity index (χ0) is 13.4. The number of hydrogen-bond acceptors (Lipinski definition) is 1. The van der Waals surface area contributed by atoms with Gasteiger partial charge in [-0.2, -0.15) is 0 Å². The third-order valence-corrected chi connectivity index (χ3v) is 3.01. The number of alkyl halides is 1. The predicted molar refractivity (Wildman–Crippen MR) is 70.7 cm³/mol. The van der Waals surface area contributed by atoms with Gasteiger partial charge in [0.05, 0.1) is 0 Å². The number of rotatable bonds is 7. The van der Waals surface area contributed by atoms with Gasteiger partial charge in [0.25, 0.3) is 0 Å². The van der Waals surface area contributed by atoms with Crippen LogP contribution >= 0.6 is 15.9 Å². The van der Waals surface area contributed by atoms with Crippen LogP contribution in [0, 0.1) is 11.6 Å². The molecule has 5 heteroatoms. The fourth-order valence-electron chi connectivity index (χ4n) is 1.57. The van der Waals surface area contributed by atoms with Crippen molar-refractivity contribution in [1.29, 1.82) is 0 Å². The molecule has 1 amide bonds. The lowest BCUT2D eigenvalue weighted by molar-refractivity contribution is -0.121. The summed E-state index contributed by atoms with van der Waals surface area (Å²) in [5.41, 5.74) is 0.549. The molecule has 0 aromatic heterocycles. The number of halogens is 3. The van der Waals surface area contributed by atoms with Gasteiger partial charge < -0.3 is 5.32 Å². The summed E-state index contributed by atoms with van der Waals surface area (Å²) >= 11 is 3.29. The zero-order valence-electron chi connectivity index (χ0n) is 10.0. The van der Waals surface area contributed by atoms with Gasteiger partial charge in [0, 0.05) is 24.4 Å². The molecule has 0 aliphatic heterocycles. The molecule has 0 fully saturated rings. The summed E-state index contributed by atoms with van der Waals surface area (Å²) in [5, 5.41) is 3.62. The predicted octanol–water partition coefficient (Wildman–Crippen LogP) is 3.19. The fourth-order valence-corrected chi connectivity index (χ4v) is 1.97. The van der Waals surface area contributed by atoms with Crippen LogP contribution in [0.3, 0.4) is 0 Å². The molecule has 100 valence electrons. The van der Waals surface area contributed by atoms with Crippen LogP contribution in [-0.4, -0.2) is 17.8 Å².